The molecule has 0 aliphatic carbocycles. The minimum atomic E-state index is 0. The second-order valence-electron chi connectivity index (χ2n) is 6.00. The molecular formula is C18H32IN3O2S. The maximum atomic E-state index is 5.57. The third-order valence-electron chi connectivity index (χ3n) is 3.48. The van der Waals surface area contributed by atoms with E-state index in [9.17, 15) is 0 Å². The fourth-order valence-corrected chi connectivity index (χ4v) is 2.03. The molecule has 1 aromatic rings. The van der Waals surface area contributed by atoms with E-state index in [0.717, 1.165) is 30.4 Å². The first-order valence-corrected chi connectivity index (χ1v) is 9.51. The predicted molar refractivity (Wildman–Crippen MR) is 120 cm³/mol. The molecule has 0 saturated carbocycles. The lowest BCUT2D eigenvalue weighted by Crippen LogP contribution is -2.43. The van der Waals surface area contributed by atoms with Crippen molar-refractivity contribution in [2.45, 2.75) is 32.1 Å². The van der Waals surface area contributed by atoms with Crippen LogP contribution in [0, 0.1) is 0 Å². The van der Waals surface area contributed by atoms with Gasteiger partial charge >= 0.3 is 0 Å². The van der Waals surface area contributed by atoms with Crippen molar-refractivity contribution in [3.8, 4) is 5.75 Å². The zero-order valence-corrected chi connectivity index (χ0v) is 19.1. The molecule has 5 nitrogen and oxygen atoms in total. The number of benzene rings is 1. The second-order valence-corrected chi connectivity index (χ2v) is 7.51. The van der Waals surface area contributed by atoms with E-state index in [1.165, 1.54) is 0 Å². The SMILES string of the molecule is CCNC(=NCc1ccc(OCCOC)cc1)NCC(C)(C)SC.I. The first-order chi connectivity index (χ1) is 11.5. The van der Waals surface area contributed by atoms with Crippen LogP contribution in [0.4, 0.5) is 0 Å². The Balaban J connectivity index is 0.00000576. The molecule has 0 spiro atoms. The average molecular weight is 481 g/mol. The van der Waals surface area contributed by atoms with Gasteiger partial charge in [0.2, 0.25) is 0 Å². The number of nitrogens with zero attached hydrogens (tertiary/aromatic N) is 1. The average Bonchev–Trinajstić information content (AvgIpc) is 2.59. The third kappa shape index (κ3) is 10.8. The molecule has 0 aliphatic rings. The number of rotatable bonds is 10. The molecule has 1 rings (SSSR count). The molecule has 144 valence electrons. The Labute approximate surface area is 173 Å². The van der Waals surface area contributed by atoms with E-state index in [-0.39, 0.29) is 28.7 Å². The van der Waals surface area contributed by atoms with Crippen LogP contribution in [-0.4, -0.2) is 50.4 Å². The van der Waals surface area contributed by atoms with Gasteiger partial charge in [-0.3, -0.25) is 0 Å². The van der Waals surface area contributed by atoms with Crippen molar-refractivity contribution < 1.29 is 9.47 Å². The molecule has 0 aliphatic heterocycles. The number of ether oxygens (including phenoxy) is 2. The number of nitrogens with one attached hydrogen (secondary N) is 2. The molecule has 25 heavy (non-hydrogen) atoms. The van der Waals surface area contributed by atoms with Gasteiger partial charge < -0.3 is 20.1 Å². The van der Waals surface area contributed by atoms with E-state index in [1.54, 1.807) is 7.11 Å². The lowest BCUT2D eigenvalue weighted by atomic mass is 10.2. The molecule has 0 fully saturated rings. The molecule has 2 N–H and O–H groups in total. The Morgan fingerprint density at radius 3 is 2.40 bits per heavy atom. The summed E-state index contributed by atoms with van der Waals surface area (Å²) in [7, 11) is 1.67. The first kappa shape index (κ1) is 24.3. The van der Waals surface area contributed by atoms with E-state index in [0.29, 0.717) is 19.8 Å². The summed E-state index contributed by atoms with van der Waals surface area (Å²) in [5.74, 6) is 1.70. The molecule has 0 bridgehead atoms. The lowest BCUT2D eigenvalue weighted by Gasteiger charge is -2.23. The summed E-state index contributed by atoms with van der Waals surface area (Å²) >= 11 is 1.84. The van der Waals surface area contributed by atoms with E-state index >= 15 is 0 Å². The van der Waals surface area contributed by atoms with Crippen molar-refractivity contribution in [2.75, 3.05) is 39.7 Å². The maximum Gasteiger partial charge on any atom is 0.191 e. The van der Waals surface area contributed by atoms with Crippen molar-refractivity contribution in [1.29, 1.82) is 0 Å². The highest BCUT2D eigenvalue weighted by atomic mass is 127. The van der Waals surface area contributed by atoms with Crippen molar-refractivity contribution in [3.63, 3.8) is 0 Å². The summed E-state index contributed by atoms with van der Waals surface area (Å²) in [5, 5.41) is 6.69. The molecule has 1 aromatic carbocycles. The van der Waals surface area contributed by atoms with Crippen molar-refractivity contribution in [2.24, 2.45) is 4.99 Å². The van der Waals surface area contributed by atoms with Gasteiger partial charge in [-0.05, 0) is 44.7 Å². The number of hydrogen-bond acceptors (Lipinski definition) is 4. The molecular weight excluding hydrogens is 449 g/mol. The smallest absolute Gasteiger partial charge is 0.191 e. The molecule has 0 atom stereocenters. The normalized spacial score (nSPS) is 11.6. The number of guanidine groups is 1. The van der Waals surface area contributed by atoms with Crippen LogP contribution >= 0.6 is 35.7 Å². The Bertz CT molecular complexity index is 496. The number of thioether (sulfide) groups is 1. The van der Waals surface area contributed by atoms with Gasteiger partial charge in [0.1, 0.15) is 12.4 Å². The highest BCUT2D eigenvalue weighted by Gasteiger charge is 2.15. The third-order valence-corrected chi connectivity index (χ3v) is 4.73. The zero-order valence-electron chi connectivity index (χ0n) is 15.9. The van der Waals surface area contributed by atoms with Gasteiger partial charge in [0.15, 0.2) is 5.96 Å². The standard InChI is InChI=1S/C18H31N3O2S.HI/c1-6-19-17(21-14-18(2,3)24-5)20-13-15-7-9-16(10-8-15)23-12-11-22-4;/h7-10H,6,11-14H2,1-5H3,(H2,19,20,21);1H. The van der Waals surface area contributed by atoms with Crippen LogP contribution in [0.2, 0.25) is 0 Å². The minimum Gasteiger partial charge on any atom is -0.491 e. The molecule has 0 aromatic heterocycles. The van der Waals surface area contributed by atoms with E-state index < -0.39 is 0 Å². The lowest BCUT2D eigenvalue weighted by molar-refractivity contribution is 0.146. The summed E-state index contributed by atoms with van der Waals surface area (Å²) in [5.41, 5.74) is 1.15. The van der Waals surface area contributed by atoms with Gasteiger partial charge in [0.05, 0.1) is 13.2 Å². The minimum absolute atomic E-state index is 0. The first-order valence-electron chi connectivity index (χ1n) is 8.28. The van der Waals surface area contributed by atoms with Crippen LogP contribution in [0.3, 0.4) is 0 Å². The van der Waals surface area contributed by atoms with Gasteiger partial charge in [-0.15, -0.1) is 24.0 Å². The van der Waals surface area contributed by atoms with Gasteiger partial charge in [-0.2, -0.15) is 11.8 Å². The second kappa shape index (κ2) is 13.5. The Morgan fingerprint density at radius 2 is 1.84 bits per heavy atom. The Hall–Kier alpha value is -0.670. The maximum absolute atomic E-state index is 5.57. The summed E-state index contributed by atoms with van der Waals surface area (Å²) in [6.07, 6.45) is 2.13. The highest BCUT2D eigenvalue weighted by molar-refractivity contribution is 14.0. The van der Waals surface area contributed by atoms with Gasteiger partial charge in [0.25, 0.3) is 0 Å². The predicted octanol–water partition coefficient (Wildman–Crippen LogP) is 3.53. The van der Waals surface area contributed by atoms with Crippen molar-refractivity contribution in [1.82, 2.24) is 10.6 Å². The number of hydrogen-bond donors (Lipinski definition) is 2. The van der Waals surface area contributed by atoms with E-state index in [4.69, 9.17) is 9.47 Å². The summed E-state index contributed by atoms with van der Waals surface area (Å²) in [6.45, 7) is 10.0. The van der Waals surface area contributed by atoms with Crippen LogP contribution in [0.15, 0.2) is 29.3 Å². The molecule has 0 unspecified atom stereocenters. The summed E-state index contributed by atoms with van der Waals surface area (Å²) in [4.78, 5) is 4.65. The molecule has 0 saturated heterocycles. The van der Waals surface area contributed by atoms with Crippen LogP contribution in [0.5, 0.6) is 5.75 Å². The highest BCUT2D eigenvalue weighted by Crippen LogP contribution is 2.19. The van der Waals surface area contributed by atoms with Crippen LogP contribution < -0.4 is 15.4 Å². The van der Waals surface area contributed by atoms with Crippen LogP contribution in [0.1, 0.15) is 26.3 Å². The topological polar surface area (TPSA) is 54.9 Å². The van der Waals surface area contributed by atoms with E-state index in [1.807, 2.05) is 36.0 Å². The molecule has 0 radical (unpaired) electrons. The Morgan fingerprint density at radius 1 is 1.16 bits per heavy atom. The molecule has 7 heteroatoms. The quantitative estimate of drug-likeness (QED) is 0.232. The molecule has 0 amide bonds. The van der Waals surface area contributed by atoms with Gasteiger partial charge in [0, 0.05) is 24.9 Å². The van der Waals surface area contributed by atoms with Crippen LogP contribution in [0.25, 0.3) is 0 Å². The summed E-state index contributed by atoms with van der Waals surface area (Å²) in [6, 6.07) is 8.03. The molecule has 0 heterocycles. The Kier molecular flexibility index (Phi) is 13.2. The monoisotopic (exact) mass is 481 g/mol. The fourth-order valence-electron chi connectivity index (χ4n) is 1.81. The number of halogens is 1. The fraction of sp³-hybridized carbons (Fsp3) is 0.611. The zero-order chi connectivity index (χ0) is 17.8. The summed E-state index contributed by atoms with van der Waals surface area (Å²) < 4.78 is 10.7. The van der Waals surface area contributed by atoms with Gasteiger partial charge in [-0.25, -0.2) is 4.99 Å². The van der Waals surface area contributed by atoms with Crippen molar-refractivity contribution >= 4 is 41.7 Å². The van der Waals surface area contributed by atoms with Crippen LogP contribution in [-0.2, 0) is 11.3 Å². The van der Waals surface area contributed by atoms with E-state index in [2.05, 4.69) is 42.7 Å². The number of methoxy groups -OCH3 is 1. The largest absolute Gasteiger partial charge is 0.491 e. The number of aliphatic imine (C=N–C) groups is 1. The van der Waals surface area contributed by atoms with Gasteiger partial charge in [-0.1, -0.05) is 12.1 Å². The van der Waals surface area contributed by atoms with Crippen molar-refractivity contribution in [3.05, 3.63) is 29.8 Å².